The lowest BCUT2D eigenvalue weighted by molar-refractivity contribution is -0.114. The fraction of sp³-hybridized carbons (Fsp3) is 0.619. The van der Waals surface area contributed by atoms with E-state index in [1.807, 2.05) is 24.3 Å². The molecular weight excluding hydrogens is 467 g/mol. The number of nitrogens with one attached hydrogen (secondary N) is 3. The number of benzene rings is 1. The van der Waals surface area contributed by atoms with Gasteiger partial charge in [0.15, 0.2) is 5.96 Å². The summed E-state index contributed by atoms with van der Waals surface area (Å²) in [4.78, 5) is 15.8. The number of nitrogens with zero attached hydrogens (tertiary/aromatic N) is 1. The first-order chi connectivity index (χ1) is 13.2. The smallest absolute Gasteiger partial charge is 0.221 e. The summed E-state index contributed by atoms with van der Waals surface area (Å²) in [5, 5.41) is 9.43. The second-order valence-electron chi connectivity index (χ2n) is 6.99. The quantitative estimate of drug-likeness (QED) is 0.206. The minimum atomic E-state index is -0.0684. The Morgan fingerprint density at radius 1 is 1.21 bits per heavy atom. The van der Waals surface area contributed by atoms with Gasteiger partial charge in [-0.2, -0.15) is 0 Å². The number of rotatable bonds is 9. The van der Waals surface area contributed by atoms with E-state index in [9.17, 15) is 4.79 Å². The van der Waals surface area contributed by atoms with Crippen LogP contribution in [0.5, 0.6) is 0 Å². The van der Waals surface area contributed by atoms with Crippen LogP contribution >= 0.6 is 24.0 Å². The Kier molecular flexibility index (Phi) is 12.9. The van der Waals surface area contributed by atoms with Gasteiger partial charge in [-0.15, -0.1) is 24.0 Å². The number of carbonyl (C=O) groups excluding carboxylic acids is 1. The van der Waals surface area contributed by atoms with E-state index >= 15 is 0 Å². The molecule has 0 unspecified atom stereocenters. The Bertz CT molecular complexity index is 604. The van der Waals surface area contributed by atoms with Gasteiger partial charge >= 0.3 is 0 Å². The van der Waals surface area contributed by atoms with Crippen LogP contribution in [0.2, 0.25) is 0 Å². The molecule has 7 heteroatoms. The number of hydrogen-bond acceptors (Lipinski definition) is 3. The van der Waals surface area contributed by atoms with Crippen LogP contribution < -0.4 is 16.0 Å². The Labute approximate surface area is 186 Å². The van der Waals surface area contributed by atoms with Gasteiger partial charge in [0.1, 0.15) is 0 Å². The first kappa shape index (κ1) is 24.7. The van der Waals surface area contributed by atoms with Gasteiger partial charge in [0.25, 0.3) is 0 Å². The summed E-state index contributed by atoms with van der Waals surface area (Å²) < 4.78 is 5.96. The van der Waals surface area contributed by atoms with Crippen molar-refractivity contribution < 1.29 is 9.53 Å². The van der Waals surface area contributed by atoms with Gasteiger partial charge in [-0.1, -0.05) is 31.4 Å². The van der Waals surface area contributed by atoms with Crippen LogP contribution in [0.3, 0.4) is 0 Å². The molecule has 2 rings (SSSR count). The van der Waals surface area contributed by atoms with Crippen LogP contribution in [0.15, 0.2) is 29.3 Å². The maximum absolute atomic E-state index is 11.2. The summed E-state index contributed by atoms with van der Waals surface area (Å²) in [5.74, 6) is 0.737. The van der Waals surface area contributed by atoms with Gasteiger partial charge < -0.3 is 20.7 Å². The number of carbonyl (C=O) groups is 1. The first-order valence-electron chi connectivity index (χ1n) is 10.2. The number of anilines is 1. The molecule has 1 aliphatic carbocycles. The SMILES string of the molecule is CCNC(=NCc1cccc(NC(C)=O)c1)NCCCOC1CCCCC1.I. The lowest BCUT2D eigenvalue weighted by Crippen LogP contribution is -2.38. The van der Waals surface area contributed by atoms with Gasteiger partial charge in [0.2, 0.25) is 5.91 Å². The molecule has 0 bridgehead atoms. The summed E-state index contributed by atoms with van der Waals surface area (Å²) in [6.45, 7) is 6.58. The highest BCUT2D eigenvalue weighted by molar-refractivity contribution is 14.0. The minimum Gasteiger partial charge on any atom is -0.378 e. The normalized spacial score (nSPS) is 14.9. The van der Waals surface area contributed by atoms with Crippen molar-refractivity contribution in [3.8, 4) is 0 Å². The molecule has 1 aromatic rings. The zero-order chi connectivity index (χ0) is 19.3. The molecule has 28 heavy (non-hydrogen) atoms. The van der Waals surface area contributed by atoms with Crippen molar-refractivity contribution in [2.75, 3.05) is 25.0 Å². The van der Waals surface area contributed by atoms with Crippen molar-refractivity contribution in [1.29, 1.82) is 0 Å². The Hall–Kier alpha value is -1.35. The van der Waals surface area contributed by atoms with Crippen LogP contribution in [0, 0.1) is 0 Å². The van der Waals surface area contributed by atoms with E-state index in [0.29, 0.717) is 12.6 Å². The van der Waals surface area contributed by atoms with Crippen LogP contribution in [-0.2, 0) is 16.1 Å². The lowest BCUT2D eigenvalue weighted by atomic mass is 9.98. The fourth-order valence-corrected chi connectivity index (χ4v) is 3.22. The number of aliphatic imine (C=N–C) groups is 1. The van der Waals surface area contributed by atoms with Gasteiger partial charge in [-0.3, -0.25) is 4.79 Å². The number of ether oxygens (including phenoxy) is 1. The van der Waals surface area contributed by atoms with E-state index in [2.05, 4.69) is 27.9 Å². The average Bonchev–Trinajstić information content (AvgIpc) is 2.66. The number of amides is 1. The van der Waals surface area contributed by atoms with Gasteiger partial charge in [-0.05, 0) is 43.9 Å². The highest BCUT2D eigenvalue weighted by atomic mass is 127. The standard InChI is InChI=1S/C21H34N4O2.HI/c1-3-22-21(23-13-8-14-27-20-11-5-4-6-12-20)24-16-18-9-7-10-19(15-18)25-17(2)26;/h7,9-10,15,20H,3-6,8,11-14,16H2,1-2H3,(H,25,26)(H2,22,23,24);1H. The molecule has 0 aliphatic heterocycles. The third kappa shape index (κ3) is 10.3. The fourth-order valence-electron chi connectivity index (χ4n) is 3.22. The van der Waals surface area contributed by atoms with Crippen molar-refractivity contribution in [2.24, 2.45) is 4.99 Å². The maximum atomic E-state index is 11.2. The number of halogens is 1. The third-order valence-corrected chi connectivity index (χ3v) is 4.53. The number of guanidine groups is 1. The Balaban J connectivity index is 0.00000392. The molecule has 0 atom stereocenters. The Morgan fingerprint density at radius 3 is 2.71 bits per heavy atom. The zero-order valence-corrected chi connectivity index (χ0v) is 19.5. The molecule has 0 spiro atoms. The molecule has 0 radical (unpaired) electrons. The maximum Gasteiger partial charge on any atom is 0.221 e. The molecule has 158 valence electrons. The Morgan fingerprint density at radius 2 is 2.00 bits per heavy atom. The van der Waals surface area contributed by atoms with E-state index in [1.165, 1.54) is 39.0 Å². The van der Waals surface area contributed by atoms with Crippen molar-refractivity contribution in [3.05, 3.63) is 29.8 Å². The van der Waals surface area contributed by atoms with E-state index in [1.54, 1.807) is 0 Å². The van der Waals surface area contributed by atoms with E-state index in [4.69, 9.17) is 4.74 Å². The molecule has 6 nitrogen and oxygen atoms in total. The molecule has 3 N–H and O–H groups in total. The van der Waals surface area contributed by atoms with Crippen molar-refractivity contribution >= 4 is 41.5 Å². The molecule has 0 aromatic heterocycles. The predicted octanol–water partition coefficient (Wildman–Crippen LogP) is 4.06. The highest BCUT2D eigenvalue weighted by Crippen LogP contribution is 2.20. The zero-order valence-electron chi connectivity index (χ0n) is 17.1. The van der Waals surface area contributed by atoms with E-state index in [0.717, 1.165) is 43.3 Å². The topological polar surface area (TPSA) is 74.8 Å². The lowest BCUT2D eigenvalue weighted by Gasteiger charge is -2.22. The molecule has 1 saturated carbocycles. The molecule has 1 amide bonds. The third-order valence-electron chi connectivity index (χ3n) is 4.53. The monoisotopic (exact) mass is 502 g/mol. The molecule has 1 aliphatic rings. The van der Waals surface area contributed by atoms with E-state index in [-0.39, 0.29) is 29.9 Å². The summed E-state index contributed by atoms with van der Waals surface area (Å²) >= 11 is 0. The largest absolute Gasteiger partial charge is 0.378 e. The van der Waals surface area contributed by atoms with Crippen molar-refractivity contribution in [3.63, 3.8) is 0 Å². The first-order valence-corrected chi connectivity index (χ1v) is 10.2. The van der Waals surface area contributed by atoms with Crippen LogP contribution in [0.25, 0.3) is 0 Å². The highest BCUT2D eigenvalue weighted by Gasteiger charge is 2.12. The second kappa shape index (κ2) is 14.6. The summed E-state index contributed by atoms with van der Waals surface area (Å²) in [6, 6.07) is 7.77. The minimum absolute atomic E-state index is 0. The van der Waals surface area contributed by atoms with Crippen LogP contribution in [-0.4, -0.2) is 37.7 Å². The second-order valence-corrected chi connectivity index (χ2v) is 6.99. The molecular formula is C21H35IN4O2. The number of hydrogen-bond donors (Lipinski definition) is 3. The van der Waals surface area contributed by atoms with Gasteiger partial charge in [-0.25, -0.2) is 4.99 Å². The average molecular weight is 502 g/mol. The molecule has 1 fully saturated rings. The molecule has 0 saturated heterocycles. The molecule has 0 heterocycles. The summed E-state index contributed by atoms with van der Waals surface area (Å²) in [7, 11) is 0. The van der Waals surface area contributed by atoms with Crippen LogP contribution in [0.4, 0.5) is 5.69 Å². The van der Waals surface area contributed by atoms with Crippen molar-refractivity contribution in [1.82, 2.24) is 10.6 Å². The summed E-state index contributed by atoms with van der Waals surface area (Å²) in [6.07, 6.45) is 7.85. The summed E-state index contributed by atoms with van der Waals surface area (Å²) in [5.41, 5.74) is 1.85. The van der Waals surface area contributed by atoms with Crippen LogP contribution in [0.1, 0.15) is 57.9 Å². The van der Waals surface area contributed by atoms with Gasteiger partial charge in [0.05, 0.1) is 12.6 Å². The predicted molar refractivity (Wildman–Crippen MR) is 126 cm³/mol. The molecule has 1 aromatic carbocycles. The van der Waals surface area contributed by atoms with Crippen molar-refractivity contribution in [2.45, 2.75) is 65.0 Å². The van der Waals surface area contributed by atoms with E-state index < -0.39 is 0 Å². The van der Waals surface area contributed by atoms with Gasteiger partial charge in [0, 0.05) is 32.3 Å².